The topological polar surface area (TPSA) is 55.3 Å². The first-order valence-electron chi connectivity index (χ1n) is 12.7. The second kappa shape index (κ2) is 8.51. The van der Waals surface area contributed by atoms with Gasteiger partial charge >= 0.3 is 0 Å². The number of oxazole rings is 2. The molecule has 0 radical (unpaired) electrons. The van der Waals surface area contributed by atoms with Crippen molar-refractivity contribution in [3.63, 3.8) is 0 Å². The van der Waals surface area contributed by atoms with E-state index >= 15 is 0 Å². The second-order valence-corrected chi connectivity index (χ2v) is 12.6. The molecular formula is C32H16BrN3O2S2. The summed E-state index contributed by atoms with van der Waals surface area (Å²) < 4.78 is 13.4. The van der Waals surface area contributed by atoms with Crippen LogP contribution in [-0.2, 0) is 0 Å². The van der Waals surface area contributed by atoms with Crippen LogP contribution in [0.5, 0.6) is 0 Å². The minimum Gasteiger partial charge on any atom is -0.436 e. The molecule has 8 heteroatoms. The largest absolute Gasteiger partial charge is 0.436 e. The van der Waals surface area contributed by atoms with E-state index in [1.165, 1.54) is 9.79 Å². The Morgan fingerprint density at radius 3 is 2.15 bits per heavy atom. The van der Waals surface area contributed by atoms with Crippen LogP contribution < -0.4 is 4.90 Å². The van der Waals surface area contributed by atoms with Crippen LogP contribution in [0, 0.1) is 0 Å². The van der Waals surface area contributed by atoms with Gasteiger partial charge in [0.25, 0.3) is 0 Å². The van der Waals surface area contributed by atoms with Crippen molar-refractivity contribution in [2.75, 3.05) is 4.90 Å². The van der Waals surface area contributed by atoms with Gasteiger partial charge in [0.2, 0.25) is 11.8 Å². The van der Waals surface area contributed by atoms with Gasteiger partial charge in [0.15, 0.2) is 11.2 Å². The quantitative estimate of drug-likeness (QED) is 0.191. The van der Waals surface area contributed by atoms with E-state index in [4.69, 9.17) is 18.8 Å². The van der Waals surface area contributed by atoms with E-state index in [0.29, 0.717) is 11.8 Å². The molecule has 0 N–H and O–H groups in total. The molecule has 0 spiro atoms. The van der Waals surface area contributed by atoms with E-state index in [1.807, 2.05) is 48.5 Å². The van der Waals surface area contributed by atoms with E-state index in [2.05, 4.69) is 69.4 Å². The Labute approximate surface area is 245 Å². The summed E-state index contributed by atoms with van der Waals surface area (Å²) in [5, 5.41) is 0. The molecule has 2 aliphatic rings. The zero-order chi connectivity index (χ0) is 26.4. The first kappa shape index (κ1) is 22.8. The molecule has 0 saturated carbocycles. The average Bonchev–Trinajstić information content (AvgIpc) is 3.61. The van der Waals surface area contributed by atoms with Crippen LogP contribution >= 0.6 is 39.5 Å². The Kier molecular flexibility index (Phi) is 4.85. The van der Waals surface area contributed by atoms with Crippen molar-refractivity contribution >= 4 is 78.7 Å². The van der Waals surface area contributed by atoms with Crippen molar-refractivity contribution in [2.24, 2.45) is 0 Å². The summed E-state index contributed by atoms with van der Waals surface area (Å²) in [6, 6.07) is 33.0. The summed E-state index contributed by atoms with van der Waals surface area (Å²) in [5.41, 5.74) is 8.56. The molecule has 0 unspecified atom stereocenters. The van der Waals surface area contributed by atoms with Crippen molar-refractivity contribution in [1.82, 2.24) is 9.97 Å². The van der Waals surface area contributed by atoms with Crippen LogP contribution in [0.4, 0.5) is 17.1 Å². The summed E-state index contributed by atoms with van der Waals surface area (Å²) in [6.07, 6.45) is 0. The Hall–Kier alpha value is -3.98. The zero-order valence-electron chi connectivity index (χ0n) is 20.6. The van der Waals surface area contributed by atoms with E-state index in [9.17, 15) is 0 Å². The number of fused-ring (bicyclic) bond motifs is 6. The van der Waals surface area contributed by atoms with Gasteiger partial charge in [-0.15, -0.1) is 0 Å². The molecule has 5 aromatic carbocycles. The number of hydrogen-bond donors (Lipinski definition) is 0. The molecule has 7 aromatic rings. The van der Waals surface area contributed by atoms with Gasteiger partial charge in [-0.2, -0.15) is 0 Å². The molecule has 0 fully saturated rings. The summed E-state index contributed by atoms with van der Waals surface area (Å²) >= 11 is 7.23. The first-order chi connectivity index (χ1) is 19.7. The van der Waals surface area contributed by atoms with E-state index in [0.717, 1.165) is 64.7 Å². The molecule has 0 bridgehead atoms. The van der Waals surface area contributed by atoms with E-state index in [1.54, 1.807) is 23.5 Å². The summed E-state index contributed by atoms with van der Waals surface area (Å²) in [4.78, 5) is 16.6. The molecule has 0 aliphatic carbocycles. The highest BCUT2D eigenvalue weighted by atomic mass is 79.9. The maximum Gasteiger partial charge on any atom is 0.228 e. The van der Waals surface area contributed by atoms with Crippen molar-refractivity contribution in [2.45, 2.75) is 19.6 Å². The Morgan fingerprint density at radius 2 is 1.35 bits per heavy atom. The SMILES string of the molecule is Brc1ccc2c(c1)Sc1c(-c3nc4ccccc4o3)ccc3c1N2c1cc(-c2nc4ccccc4o2)ccc1S3. The molecule has 40 heavy (non-hydrogen) atoms. The monoisotopic (exact) mass is 617 g/mol. The summed E-state index contributed by atoms with van der Waals surface area (Å²) in [7, 11) is 0. The minimum atomic E-state index is 0.614. The molecule has 0 amide bonds. The number of hydrogen-bond acceptors (Lipinski definition) is 7. The number of aromatic nitrogens is 2. The van der Waals surface area contributed by atoms with Crippen molar-refractivity contribution in [3.8, 4) is 22.9 Å². The summed E-state index contributed by atoms with van der Waals surface area (Å²) in [6.45, 7) is 0. The van der Waals surface area contributed by atoms with Gasteiger partial charge < -0.3 is 13.7 Å². The fraction of sp³-hybridized carbons (Fsp3) is 0. The van der Waals surface area contributed by atoms with Crippen LogP contribution in [0.2, 0.25) is 0 Å². The lowest BCUT2D eigenvalue weighted by Crippen LogP contribution is -2.19. The van der Waals surface area contributed by atoms with Gasteiger partial charge in [-0.05, 0) is 72.8 Å². The molecule has 4 heterocycles. The van der Waals surface area contributed by atoms with Gasteiger partial charge in [-0.3, -0.25) is 0 Å². The molecule has 2 aromatic heterocycles. The highest BCUT2D eigenvalue weighted by molar-refractivity contribution is 9.10. The third-order valence-electron chi connectivity index (χ3n) is 7.18. The molecule has 190 valence electrons. The van der Waals surface area contributed by atoms with Crippen molar-refractivity contribution in [3.05, 3.63) is 102 Å². The Balaban J connectivity index is 1.27. The highest BCUT2D eigenvalue weighted by Gasteiger charge is 2.35. The molecule has 0 saturated heterocycles. The van der Waals surface area contributed by atoms with Crippen molar-refractivity contribution in [1.29, 1.82) is 0 Å². The van der Waals surface area contributed by atoms with E-state index in [-0.39, 0.29) is 0 Å². The third kappa shape index (κ3) is 3.36. The minimum absolute atomic E-state index is 0.614. The van der Waals surface area contributed by atoms with Gasteiger partial charge in [-0.1, -0.05) is 63.7 Å². The molecular weight excluding hydrogens is 602 g/mol. The van der Waals surface area contributed by atoms with Gasteiger partial charge in [0.05, 0.1) is 27.5 Å². The van der Waals surface area contributed by atoms with Crippen LogP contribution in [0.3, 0.4) is 0 Å². The smallest absolute Gasteiger partial charge is 0.228 e. The van der Waals surface area contributed by atoms with Crippen LogP contribution in [0.1, 0.15) is 0 Å². The maximum atomic E-state index is 6.25. The maximum absolute atomic E-state index is 6.25. The molecule has 2 aliphatic heterocycles. The lowest BCUT2D eigenvalue weighted by atomic mass is 10.1. The van der Waals surface area contributed by atoms with Gasteiger partial charge in [0, 0.05) is 24.7 Å². The Bertz CT molecular complexity index is 2100. The first-order valence-corrected chi connectivity index (χ1v) is 15.1. The molecule has 5 nitrogen and oxygen atoms in total. The zero-order valence-corrected chi connectivity index (χ0v) is 23.8. The molecule has 0 atom stereocenters. The number of rotatable bonds is 2. The highest BCUT2D eigenvalue weighted by Crippen LogP contribution is 2.62. The van der Waals surface area contributed by atoms with Gasteiger partial charge in [0.1, 0.15) is 11.0 Å². The predicted octanol–water partition coefficient (Wildman–Crippen LogP) is 10.5. The number of para-hydroxylation sites is 4. The standard InChI is InChI=1S/C32H16BrN3O2S2/c33-18-10-12-22-28(16-18)40-30-19(32-35-21-6-2-4-8-25(21)38-32)11-14-27-29(30)36(22)23-15-17(9-13-26(23)39-27)31-34-20-5-1-3-7-24(20)37-31/h1-16H. The van der Waals surface area contributed by atoms with E-state index < -0.39 is 0 Å². The lowest BCUT2D eigenvalue weighted by Gasteiger charge is -2.39. The summed E-state index contributed by atoms with van der Waals surface area (Å²) in [5.74, 6) is 1.24. The third-order valence-corrected chi connectivity index (χ3v) is 9.95. The number of nitrogens with zero attached hydrogens (tertiary/aromatic N) is 3. The number of anilines is 3. The number of benzene rings is 5. The van der Waals surface area contributed by atoms with Crippen LogP contribution in [0.15, 0.2) is 130 Å². The molecule has 9 rings (SSSR count). The fourth-order valence-corrected chi connectivity index (χ4v) is 8.23. The second-order valence-electron chi connectivity index (χ2n) is 9.60. The lowest BCUT2D eigenvalue weighted by molar-refractivity contribution is 0.618. The number of halogens is 1. The average molecular weight is 619 g/mol. The van der Waals surface area contributed by atoms with Crippen LogP contribution in [-0.4, -0.2) is 9.97 Å². The Morgan fingerprint density at radius 1 is 0.625 bits per heavy atom. The van der Waals surface area contributed by atoms with Gasteiger partial charge in [-0.25, -0.2) is 9.97 Å². The van der Waals surface area contributed by atoms with Crippen LogP contribution in [0.25, 0.3) is 45.1 Å². The predicted molar refractivity (Wildman–Crippen MR) is 163 cm³/mol. The normalized spacial score (nSPS) is 13.4. The van der Waals surface area contributed by atoms with Crippen molar-refractivity contribution < 1.29 is 8.83 Å². The fourth-order valence-electron chi connectivity index (χ4n) is 5.37.